The Balaban J connectivity index is 2.01. The summed E-state index contributed by atoms with van der Waals surface area (Å²) in [5.74, 6) is 0.0811. The maximum Gasteiger partial charge on any atom is 0.253 e. The van der Waals surface area contributed by atoms with Crippen molar-refractivity contribution in [3.63, 3.8) is 0 Å². The van der Waals surface area contributed by atoms with E-state index < -0.39 is 0 Å². The molecule has 0 spiro atoms. The van der Waals surface area contributed by atoms with Crippen molar-refractivity contribution in [1.29, 1.82) is 0 Å². The van der Waals surface area contributed by atoms with Crippen LogP contribution in [0, 0.1) is 5.92 Å². The Morgan fingerprint density at radius 3 is 2.63 bits per heavy atom. The molecule has 19 heavy (non-hydrogen) atoms. The molecule has 1 aromatic rings. The highest BCUT2D eigenvalue weighted by Crippen LogP contribution is 2.22. The van der Waals surface area contributed by atoms with Gasteiger partial charge in [0.05, 0.1) is 0 Å². The average molecular weight is 264 g/mol. The fourth-order valence-corrected chi connectivity index (χ4v) is 2.49. The molecule has 1 heterocycles. The number of nitrogens with zero attached hydrogens (tertiary/aromatic N) is 1. The molecule has 0 aliphatic carbocycles. The summed E-state index contributed by atoms with van der Waals surface area (Å²) in [7, 11) is 1.75. The van der Waals surface area contributed by atoms with Crippen molar-refractivity contribution in [3.8, 4) is 11.5 Å². The minimum Gasteiger partial charge on any atom is -0.508 e. The number of rotatable bonds is 3. The van der Waals surface area contributed by atoms with Crippen LogP contribution in [0.1, 0.15) is 23.2 Å². The molecule has 0 saturated carbocycles. The van der Waals surface area contributed by atoms with Gasteiger partial charge in [-0.15, -0.1) is 0 Å². The Hall–Kier alpha value is -1.75. The molecule has 1 aliphatic heterocycles. The Morgan fingerprint density at radius 2 is 2.05 bits per heavy atom. The molecule has 1 atom stereocenters. The molecule has 0 bridgehead atoms. The molecule has 1 aliphatic rings. The lowest BCUT2D eigenvalue weighted by Gasteiger charge is -2.27. The number of piperidine rings is 1. The molecule has 1 amide bonds. The summed E-state index contributed by atoms with van der Waals surface area (Å²) in [4.78, 5) is 13.9. The number of phenols is 2. The molecule has 3 N–H and O–H groups in total. The molecule has 1 fully saturated rings. The first-order valence-electron chi connectivity index (χ1n) is 6.55. The molecule has 0 radical (unpaired) electrons. The number of hydrogen-bond acceptors (Lipinski definition) is 4. The maximum atomic E-state index is 12.2. The number of hydrogen-bond donors (Lipinski definition) is 3. The summed E-state index contributed by atoms with van der Waals surface area (Å²) in [6, 6.07) is 3.96. The highest BCUT2D eigenvalue weighted by molar-refractivity contribution is 5.94. The average Bonchev–Trinajstić information content (AvgIpc) is 2.37. The van der Waals surface area contributed by atoms with Gasteiger partial charge in [0.25, 0.3) is 5.91 Å². The summed E-state index contributed by atoms with van der Waals surface area (Å²) in [5, 5.41) is 22.1. The summed E-state index contributed by atoms with van der Waals surface area (Å²) < 4.78 is 0. The second kappa shape index (κ2) is 5.93. The quantitative estimate of drug-likeness (QED) is 0.766. The normalized spacial score (nSPS) is 19.1. The lowest BCUT2D eigenvalue weighted by molar-refractivity contribution is 0.0764. The van der Waals surface area contributed by atoms with E-state index in [1.54, 1.807) is 11.9 Å². The molecule has 1 aromatic carbocycles. The van der Waals surface area contributed by atoms with Gasteiger partial charge >= 0.3 is 0 Å². The molecular weight excluding hydrogens is 244 g/mol. The largest absolute Gasteiger partial charge is 0.508 e. The topological polar surface area (TPSA) is 72.8 Å². The van der Waals surface area contributed by atoms with E-state index in [0.29, 0.717) is 18.0 Å². The fourth-order valence-electron chi connectivity index (χ4n) is 2.49. The molecule has 0 aromatic heterocycles. The zero-order valence-corrected chi connectivity index (χ0v) is 11.1. The number of benzene rings is 1. The number of amides is 1. The van der Waals surface area contributed by atoms with Crippen LogP contribution < -0.4 is 5.32 Å². The van der Waals surface area contributed by atoms with Crippen LogP contribution in [0.4, 0.5) is 0 Å². The van der Waals surface area contributed by atoms with Crippen LogP contribution >= 0.6 is 0 Å². The van der Waals surface area contributed by atoms with E-state index >= 15 is 0 Å². The zero-order valence-electron chi connectivity index (χ0n) is 11.1. The van der Waals surface area contributed by atoms with Crippen molar-refractivity contribution < 1.29 is 15.0 Å². The first kappa shape index (κ1) is 13.7. The number of nitrogens with one attached hydrogen (secondary N) is 1. The van der Waals surface area contributed by atoms with E-state index in [1.165, 1.54) is 18.2 Å². The van der Waals surface area contributed by atoms with Crippen LogP contribution in [0.2, 0.25) is 0 Å². The van der Waals surface area contributed by atoms with Gasteiger partial charge in [0.15, 0.2) is 0 Å². The van der Waals surface area contributed by atoms with Crippen molar-refractivity contribution in [1.82, 2.24) is 10.2 Å². The molecule has 1 unspecified atom stereocenters. The molecule has 104 valence electrons. The SMILES string of the molecule is CN(CC1CCCNC1)C(=O)c1cc(O)cc(O)c1. The number of carbonyl (C=O) groups is 1. The Morgan fingerprint density at radius 1 is 1.37 bits per heavy atom. The smallest absolute Gasteiger partial charge is 0.253 e. The van der Waals surface area contributed by atoms with Crippen LogP contribution in [-0.2, 0) is 0 Å². The monoisotopic (exact) mass is 264 g/mol. The van der Waals surface area contributed by atoms with Crippen molar-refractivity contribution in [2.75, 3.05) is 26.7 Å². The molecule has 1 saturated heterocycles. The van der Waals surface area contributed by atoms with Gasteiger partial charge in [0.1, 0.15) is 11.5 Å². The summed E-state index contributed by atoms with van der Waals surface area (Å²) in [6.45, 7) is 2.67. The van der Waals surface area contributed by atoms with Gasteiger partial charge in [-0.2, -0.15) is 0 Å². The van der Waals surface area contributed by atoms with Gasteiger partial charge in [-0.25, -0.2) is 0 Å². The van der Waals surface area contributed by atoms with E-state index in [2.05, 4.69) is 5.32 Å². The van der Waals surface area contributed by atoms with Gasteiger partial charge in [0.2, 0.25) is 0 Å². The van der Waals surface area contributed by atoms with Gasteiger partial charge in [-0.3, -0.25) is 4.79 Å². The molecular formula is C14H20N2O3. The van der Waals surface area contributed by atoms with Gasteiger partial charge in [0, 0.05) is 25.2 Å². The van der Waals surface area contributed by atoms with E-state index in [0.717, 1.165) is 25.9 Å². The predicted octanol–water partition coefficient (Wildman–Crippen LogP) is 1.17. The van der Waals surface area contributed by atoms with Gasteiger partial charge < -0.3 is 20.4 Å². The van der Waals surface area contributed by atoms with Crippen molar-refractivity contribution >= 4 is 5.91 Å². The second-order valence-corrected chi connectivity index (χ2v) is 5.14. The van der Waals surface area contributed by atoms with Crippen LogP contribution in [0.25, 0.3) is 0 Å². The zero-order chi connectivity index (χ0) is 13.8. The summed E-state index contributed by atoms with van der Waals surface area (Å²) >= 11 is 0. The van der Waals surface area contributed by atoms with E-state index in [9.17, 15) is 15.0 Å². The Labute approximate surface area is 112 Å². The second-order valence-electron chi connectivity index (χ2n) is 5.14. The van der Waals surface area contributed by atoms with E-state index in [1.807, 2.05) is 0 Å². The van der Waals surface area contributed by atoms with E-state index in [-0.39, 0.29) is 17.4 Å². The van der Waals surface area contributed by atoms with E-state index in [4.69, 9.17) is 0 Å². The standard InChI is InChI=1S/C14H20N2O3/c1-16(9-10-3-2-4-15-8-10)14(19)11-5-12(17)7-13(18)6-11/h5-7,10,15,17-18H,2-4,8-9H2,1H3. The highest BCUT2D eigenvalue weighted by atomic mass is 16.3. The highest BCUT2D eigenvalue weighted by Gasteiger charge is 2.19. The Bertz CT molecular complexity index is 436. The molecule has 5 heteroatoms. The Kier molecular flexibility index (Phi) is 4.27. The third-order valence-corrected chi connectivity index (χ3v) is 3.43. The van der Waals surface area contributed by atoms with Crippen LogP contribution in [0.15, 0.2) is 18.2 Å². The predicted molar refractivity (Wildman–Crippen MR) is 72.3 cm³/mol. The molecule has 2 rings (SSSR count). The molecule has 5 nitrogen and oxygen atoms in total. The number of phenolic OH excluding ortho intramolecular Hbond substituents is 2. The fraction of sp³-hybridized carbons (Fsp3) is 0.500. The van der Waals surface area contributed by atoms with Gasteiger partial charge in [-0.05, 0) is 44.0 Å². The van der Waals surface area contributed by atoms with Crippen molar-refractivity contribution in [2.45, 2.75) is 12.8 Å². The van der Waals surface area contributed by atoms with Crippen LogP contribution in [-0.4, -0.2) is 47.7 Å². The van der Waals surface area contributed by atoms with Crippen molar-refractivity contribution in [3.05, 3.63) is 23.8 Å². The first-order valence-corrected chi connectivity index (χ1v) is 6.55. The first-order chi connectivity index (χ1) is 9.06. The third kappa shape index (κ3) is 3.61. The number of carbonyl (C=O) groups excluding carboxylic acids is 1. The van der Waals surface area contributed by atoms with Gasteiger partial charge in [-0.1, -0.05) is 0 Å². The minimum atomic E-state index is -0.184. The number of aromatic hydroxyl groups is 2. The summed E-state index contributed by atoms with van der Waals surface area (Å²) in [6.07, 6.45) is 2.26. The summed E-state index contributed by atoms with van der Waals surface area (Å²) in [5.41, 5.74) is 0.309. The van der Waals surface area contributed by atoms with Crippen LogP contribution in [0.3, 0.4) is 0 Å². The van der Waals surface area contributed by atoms with Crippen LogP contribution in [0.5, 0.6) is 11.5 Å². The maximum absolute atomic E-state index is 12.2. The van der Waals surface area contributed by atoms with Crippen molar-refractivity contribution in [2.24, 2.45) is 5.92 Å². The third-order valence-electron chi connectivity index (χ3n) is 3.43. The lowest BCUT2D eigenvalue weighted by Crippen LogP contribution is -2.39. The minimum absolute atomic E-state index is 0.101. The lowest BCUT2D eigenvalue weighted by atomic mass is 9.99.